The van der Waals surface area contributed by atoms with E-state index in [4.69, 9.17) is 8.85 Å². The third kappa shape index (κ3) is 5.09. The number of hydrogen-bond donors (Lipinski definition) is 0. The molecule has 1 rings (SSSR count). The van der Waals surface area contributed by atoms with E-state index < -0.39 is 24.7 Å². The van der Waals surface area contributed by atoms with Crippen molar-refractivity contribution < 1.29 is 8.85 Å². The van der Waals surface area contributed by atoms with Gasteiger partial charge in [-0.25, -0.2) is 0 Å². The fourth-order valence-corrected chi connectivity index (χ4v) is 16.1. The average Bonchev–Trinajstić information content (AvgIpc) is 2.63. The summed E-state index contributed by atoms with van der Waals surface area (Å²) >= 11 is 0. The standard InChI is InChI=1S/C23H46O2Si3/c1-12-22(13-2,26(5,6)7)25-28(11,21-19-17-16-18-20-21)23(14-3,15-4)24-27(8,9)10/h16-20H,12-15H2,1-11H3. The molecule has 162 valence electrons. The zero-order valence-corrected chi connectivity index (χ0v) is 23.5. The first kappa shape index (κ1) is 25.8. The molecule has 0 saturated heterocycles. The van der Waals surface area contributed by atoms with Gasteiger partial charge in [0.1, 0.15) is 0 Å². The first-order chi connectivity index (χ1) is 12.8. The van der Waals surface area contributed by atoms with E-state index in [2.05, 4.69) is 104 Å². The molecule has 0 N–H and O–H groups in total. The quantitative estimate of drug-likeness (QED) is 0.351. The Balaban J connectivity index is 3.75. The molecule has 0 aromatic heterocycles. The molecule has 0 spiro atoms. The highest BCUT2D eigenvalue weighted by atomic mass is 28.4. The predicted octanol–water partition coefficient (Wildman–Crippen LogP) is 6.87. The van der Waals surface area contributed by atoms with E-state index in [0.717, 1.165) is 25.7 Å². The van der Waals surface area contributed by atoms with Gasteiger partial charge in [-0.2, -0.15) is 0 Å². The lowest BCUT2D eigenvalue weighted by atomic mass is 10.2. The lowest BCUT2D eigenvalue weighted by Crippen LogP contribution is -2.73. The van der Waals surface area contributed by atoms with E-state index >= 15 is 0 Å². The Kier molecular flexibility index (Phi) is 8.57. The first-order valence-electron chi connectivity index (χ1n) is 11.2. The molecule has 2 nitrogen and oxygen atoms in total. The fourth-order valence-electron chi connectivity index (χ4n) is 4.92. The summed E-state index contributed by atoms with van der Waals surface area (Å²) in [4.78, 5) is 0. The van der Waals surface area contributed by atoms with Gasteiger partial charge >= 0.3 is 0 Å². The Hall–Kier alpha value is -0.209. The summed E-state index contributed by atoms with van der Waals surface area (Å²) in [5, 5.41) is 1.15. The minimum Gasteiger partial charge on any atom is -0.412 e. The molecule has 0 bridgehead atoms. The molecule has 28 heavy (non-hydrogen) atoms. The molecule has 0 aliphatic rings. The molecule has 0 heterocycles. The largest absolute Gasteiger partial charge is 0.412 e. The van der Waals surface area contributed by atoms with E-state index in [1.165, 1.54) is 5.19 Å². The van der Waals surface area contributed by atoms with Crippen molar-refractivity contribution in [1.82, 2.24) is 0 Å². The summed E-state index contributed by atoms with van der Waals surface area (Å²) in [7, 11) is -5.78. The summed E-state index contributed by atoms with van der Waals surface area (Å²) in [5.41, 5.74) is 0. The van der Waals surface area contributed by atoms with Crippen LogP contribution in [0.3, 0.4) is 0 Å². The number of hydrogen-bond acceptors (Lipinski definition) is 2. The minimum absolute atomic E-state index is 0.0256. The maximum absolute atomic E-state index is 7.57. The van der Waals surface area contributed by atoms with Gasteiger partial charge < -0.3 is 8.85 Å². The van der Waals surface area contributed by atoms with Crippen molar-refractivity contribution in [2.75, 3.05) is 0 Å². The third-order valence-corrected chi connectivity index (χ3v) is 16.5. The SMILES string of the molecule is CCC(CC)(O[Si](C)(c1ccccc1)C(CC)(CC)O[Si](C)(C)C)[Si](C)(C)C. The summed E-state index contributed by atoms with van der Waals surface area (Å²) in [5.74, 6) is 0. The lowest BCUT2D eigenvalue weighted by molar-refractivity contribution is 0.0572. The van der Waals surface area contributed by atoms with E-state index in [9.17, 15) is 0 Å². The molecule has 1 aromatic carbocycles. The second-order valence-electron chi connectivity index (χ2n) is 10.4. The van der Waals surface area contributed by atoms with Crippen molar-refractivity contribution in [3.8, 4) is 0 Å². The van der Waals surface area contributed by atoms with Gasteiger partial charge in [0.25, 0.3) is 8.32 Å². The molecule has 0 fully saturated rings. The molecule has 0 amide bonds. The van der Waals surface area contributed by atoms with Gasteiger partial charge in [-0.05, 0) is 57.1 Å². The van der Waals surface area contributed by atoms with Crippen LogP contribution in [0.25, 0.3) is 0 Å². The normalized spacial score (nSPS) is 16.1. The minimum atomic E-state index is -2.45. The number of benzene rings is 1. The van der Waals surface area contributed by atoms with Crippen molar-refractivity contribution in [3.05, 3.63) is 30.3 Å². The Morgan fingerprint density at radius 1 is 0.643 bits per heavy atom. The van der Waals surface area contributed by atoms with Crippen molar-refractivity contribution in [3.63, 3.8) is 0 Å². The van der Waals surface area contributed by atoms with Crippen LogP contribution in [0, 0.1) is 0 Å². The Bertz CT molecular complexity index is 597. The monoisotopic (exact) mass is 438 g/mol. The Morgan fingerprint density at radius 2 is 1.07 bits per heavy atom. The zero-order chi connectivity index (χ0) is 21.9. The van der Waals surface area contributed by atoms with Gasteiger partial charge in [0.2, 0.25) is 0 Å². The van der Waals surface area contributed by atoms with Gasteiger partial charge in [0.15, 0.2) is 8.32 Å². The van der Waals surface area contributed by atoms with E-state index in [-0.39, 0.29) is 10.4 Å². The Morgan fingerprint density at radius 3 is 1.39 bits per heavy atom. The fraction of sp³-hybridized carbons (Fsp3) is 0.739. The number of rotatable bonds is 11. The molecular weight excluding hydrogens is 393 g/mol. The topological polar surface area (TPSA) is 18.5 Å². The molecule has 5 heteroatoms. The van der Waals surface area contributed by atoms with Gasteiger partial charge in [-0.3, -0.25) is 0 Å². The highest BCUT2D eigenvalue weighted by Gasteiger charge is 2.58. The van der Waals surface area contributed by atoms with Crippen molar-refractivity contribution in [2.45, 2.75) is 110 Å². The van der Waals surface area contributed by atoms with Crippen LogP contribution < -0.4 is 5.19 Å². The molecule has 0 saturated carbocycles. The predicted molar refractivity (Wildman–Crippen MR) is 133 cm³/mol. The van der Waals surface area contributed by atoms with Crippen LogP contribution in [0.15, 0.2) is 30.3 Å². The van der Waals surface area contributed by atoms with E-state index in [0.29, 0.717) is 0 Å². The average molecular weight is 439 g/mol. The van der Waals surface area contributed by atoms with Crippen molar-refractivity contribution >= 4 is 29.9 Å². The van der Waals surface area contributed by atoms with Crippen molar-refractivity contribution in [2.24, 2.45) is 0 Å². The van der Waals surface area contributed by atoms with Crippen LogP contribution in [-0.4, -0.2) is 35.2 Å². The Labute approximate surface area is 178 Å². The molecule has 1 atom stereocenters. The van der Waals surface area contributed by atoms with Crippen LogP contribution in [0.5, 0.6) is 0 Å². The second-order valence-corrected chi connectivity index (χ2v) is 24.0. The summed E-state index contributed by atoms with van der Waals surface area (Å²) in [6.07, 6.45) is 4.15. The smallest absolute Gasteiger partial charge is 0.251 e. The third-order valence-electron chi connectivity index (χ3n) is 6.75. The van der Waals surface area contributed by atoms with Gasteiger partial charge in [-0.1, -0.05) is 77.7 Å². The molecule has 0 aliphatic heterocycles. The first-order valence-corrected chi connectivity index (χ1v) is 20.5. The van der Waals surface area contributed by atoms with Crippen molar-refractivity contribution in [1.29, 1.82) is 0 Å². The summed E-state index contributed by atoms with van der Waals surface area (Å²) < 4.78 is 14.6. The van der Waals surface area contributed by atoms with Gasteiger partial charge in [-0.15, -0.1) is 0 Å². The lowest BCUT2D eigenvalue weighted by Gasteiger charge is -2.55. The van der Waals surface area contributed by atoms with Crippen LogP contribution in [0.1, 0.15) is 53.4 Å². The summed E-state index contributed by atoms with van der Waals surface area (Å²) in [6.45, 7) is 26.0. The van der Waals surface area contributed by atoms with Gasteiger partial charge in [0.05, 0.1) is 13.3 Å². The maximum atomic E-state index is 7.57. The molecule has 1 aromatic rings. The second kappa shape index (κ2) is 9.29. The molecular formula is C23H46O2Si3. The van der Waals surface area contributed by atoms with Crippen LogP contribution >= 0.6 is 0 Å². The van der Waals surface area contributed by atoms with Crippen LogP contribution in [-0.2, 0) is 8.85 Å². The maximum Gasteiger partial charge on any atom is 0.251 e. The molecule has 0 radical (unpaired) electrons. The van der Waals surface area contributed by atoms with Crippen LogP contribution in [0.4, 0.5) is 0 Å². The highest BCUT2D eigenvalue weighted by Crippen LogP contribution is 2.42. The highest BCUT2D eigenvalue weighted by molar-refractivity contribution is 6.90. The molecule has 0 aliphatic carbocycles. The van der Waals surface area contributed by atoms with Gasteiger partial charge in [0, 0.05) is 5.22 Å². The summed E-state index contributed by atoms with van der Waals surface area (Å²) in [6, 6.07) is 11.0. The van der Waals surface area contributed by atoms with E-state index in [1.807, 2.05) is 0 Å². The zero-order valence-electron chi connectivity index (χ0n) is 20.5. The van der Waals surface area contributed by atoms with Crippen LogP contribution in [0.2, 0.25) is 45.8 Å². The van der Waals surface area contributed by atoms with E-state index in [1.54, 1.807) is 0 Å². The molecule has 1 unspecified atom stereocenters.